The molecule has 0 amide bonds. The van der Waals surface area contributed by atoms with Crippen LogP contribution in [0.4, 0.5) is 11.5 Å². The zero-order valence-electron chi connectivity index (χ0n) is 13.4. The highest BCUT2D eigenvalue weighted by Crippen LogP contribution is 2.39. The number of nitrogens with one attached hydrogen (secondary N) is 2. The highest BCUT2D eigenvalue weighted by molar-refractivity contribution is 5.87. The van der Waals surface area contributed by atoms with Crippen LogP contribution in [0.1, 0.15) is 44.5 Å². The van der Waals surface area contributed by atoms with Crippen LogP contribution in [-0.4, -0.2) is 37.1 Å². The van der Waals surface area contributed by atoms with Gasteiger partial charge in [0.2, 0.25) is 0 Å². The summed E-state index contributed by atoms with van der Waals surface area (Å²) < 4.78 is 7.22. The average Bonchev–Trinajstić information content (AvgIpc) is 3.13. The van der Waals surface area contributed by atoms with E-state index in [1.807, 2.05) is 10.9 Å². The Morgan fingerprint density at radius 2 is 2.17 bits per heavy atom. The van der Waals surface area contributed by atoms with Gasteiger partial charge in [0.25, 0.3) is 5.88 Å². The summed E-state index contributed by atoms with van der Waals surface area (Å²) in [4.78, 5) is 9.25. The van der Waals surface area contributed by atoms with Gasteiger partial charge in [-0.25, -0.2) is 9.97 Å². The number of hydrogen-bond acceptors (Lipinski definition) is 6. The maximum Gasteiger partial charge on any atom is 0.256 e. The number of methoxy groups -OCH3 is 1. The first-order valence-corrected chi connectivity index (χ1v) is 7.77. The number of rotatable bonds is 5. The minimum atomic E-state index is 0.249. The number of H-pyrrole nitrogens is 1. The van der Waals surface area contributed by atoms with E-state index < -0.39 is 0 Å². The highest BCUT2D eigenvalue weighted by atomic mass is 16.5. The predicted octanol–water partition coefficient (Wildman–Crippen LogP) is 2.76. The van der Waals surface area contributed by atoms with Crippen LogP contribution in [0.3, 0.4) is 0 Å². The molecule has 3 heterocycles. The second kappa shape index (κ2) is 5.22. The molecule has 1 fully saturated rings. The van der Waals surface area contributed by atoms with Gasteiger partial charge in [0.15, 0.2) is 5.82 Å². The van der Waals surface area contributed by atoms with Crippen molar-refractivity contribution in [2.75, 3.05) is 12.4 Å². The van der Waals surface area contributed by atoms with Crippen LogP contribution in [-0.2, 0) is 0 Å². The first-order chi connectivity index (χ1) is 11.2. The molecule has 120 valence electrons. The van der Waals surface area contributed by atoms with Gasteiger partial charge in [-0.2, -0.15) is 5.10 Å². The number of fused-ring (bicyclic) bond motifs is 1. The number of hydrogen-bond donors (Lipinski definition) is 2. The van der Waals surface area contributed by atoms with Gasteiger partial charge in [0, 0.05) is 12.0 Å². The van der Waals surface area contributed by atoms with Crippen molar-refractivity contribution in [2.45, 2.75) is 38.6 Å². The molecule has 0 saturated heterocycles. The number of aromatic amines is 1. The molecular weight excluding hydrogens is 294 g/mol. The second-order valence-corrected chi connectivity index (χ2v) is 6.09. The van der Waals surface area contributed by atoms with E-state index in [0.717, 1.165) is 35.4 Å². The van der Waals surface area contributed by atoms with Crippen LogP contribution in [0.25, 0.3) is 11.0 Å². The fourth-order valence-electron chi connectivity index (χ4n) is 2.48. The summed E-state index contributed by atoms with van der Waals surface area (Å²) in [7, 11) is 1.61. The Kier molecular flexibility index (Phi) is 3.17. The van der Waals surface area contributed by atoms with E-state index in [-0.39, 0.29) is 6.04 Å². The second-order valence-electron chi connectivity index (χ2n) is 6.09. The van der Waals surface area contributed by atoms with E-state index in [1.165, 1.54) is 0 Å². The maximum absolute atomic E-state index is 5.37. The Labute approximate surface area is 133 Å². The fourth-order valence-corrected chi connectivity index (χ4v) is 2.48. The lowest BCUT2D eigenvalue weighted by molar-refractivity contribution is 0.384. The van der Waals surface area contributed by atoms with E-state index in [4.69, 9.17) is 4.74 Å². The van der Waals surface area contributed by atoms with E-state index in [0.29, 0.717) is 17.6 Å². The first kappa shape index (κ1) is 14.0. The quantitative estimate of drug-likeness (QED) is 0.752. The molecule has 2 N–H and O–H groups in total. The number of nitrogens with zero attached hydrogens (tertiary/aromatic N) is 5. The Morgan fingerprint density at radius 3 is 2.87 bits per heavy atom. The molecule has 8 heteroatoms. The van der Waals surface area contributed by atoms with Crippen LogP contribution in [0.2, 0.25) is 0 Å². The van der Waals surface area contributed by atoms with Gasteiger partial charge >= 0.3 is 0 Å². The third kappa shape index (κ3) is 2.49. The zero-order chi connectivity index (χ0) is 16.0. The highest BCUT2D eigenvalue weighted by Gasteiger charge is 2.28. The Morgan fingerprint density at radius 1 is 1.35 bits per heavy atom. The first-order valence-electron chi connectivity index (χ1n) is 7.77. The largest absolute Gasteiger partial charge is 0.478 e. The van der Waals surface area contributed by atoms with Crippen molar-refractivity contribution in [2.24, 2.45) is 0 Å². The lowest BCUT2D eigenvalue weighted by Gasteiger charge is -2.07. The van der Waals surface area contributed by atoms with E-state index in [1.54, 1.807) is 13.3 Å². The third-order valence-electron chi connectivity index (χ3n) is 3.93. The summed E-state index contributed by atoms with van der Waals surface area (Å²) in [5, 5.41) is 14.8. The fraction of sp³-hybridized carbons (Fsp3) is 0.467. The summed E-state index contributed by atoms with van der Waals surface area (Å²) in [6, 6.07) is 0.249. The summed E-state index contributed by atoms with van der Waals surface area (Å²) in [5.74, 6) is 2.58. The van der Waals surface area contributed by atoms with Crippen molar-refractivity contribution in [3.63, 3.8) is 0 Å². The topological polar surface area (TPSA) is 93.5 Å². The zero-order valence-corrected chi connectivity index (χ0v) is 13.4. The summed E-state index contributed by atoms with van der Waals surface area (Å²) in [5.41, 5.74) is 2.38. The molecule has 1 aliphatic carbocycles. The molecule has 1 aliphatic rings. The summed E-state index contributed by atoms with van der Waals surface area (Å²) in [6.45, 7) is 4.14. The SMILES string of the molecule is COc1nn(C(C)C)cc1Nc1nc(C2CC2)nc2cn[nH]c12. The minimum absolute atomic E-state index is 0.249. The van der Waals surface area contributed by atoms with Gasteiger partial charge in [-0.1, -0.05) is 0 Å². The molecule has 1 saturated carbocycles. The minimum Gasteiger partial charge on any atom is -0.478 e. The van der Waals surface area contributed by atoms with E-state index in [2.05, 4.69) is 44.4 Å². The van der Waals surface area contributed by atoms with E-state index in [9.17, 15) is 0 Å². The van der Waals surface area contributed by atoms with Crippen LogP contribution < -0.4 is 10.1 Å². The number of aromatic nitrogens is 6. The van der Waals surface area contributed by atoms with Gasteiger partial charge in [-0.05, 0) is 26.7 Å². The molecule has 0 aliphatic heterocycles. The predicted molar refractivity (Wildman–Crippen MR) is 86.1 cm³/mol. The lowest BCUT2D eigenvalue weighted by atomic mass is 10.3. The van der Waals surface area contributed by atoms with Crippen molar-refractivity contribution in [1.82, 2.24) is 29.9 Å². The van der Waals surface area contributed by atoms with Crippen LogP contribution in [0, 0.1) is 0 Å². The Balaban J connectivity index is 1.76. The van der Waals surface area contributed by atoms with Gasteiger partial charge < -0.3 is 10.1 Å². The van der Waals surface area contributed by atoms with Crippen molar-refractivity contribution in [3.05, 3.63) is 18.2 Å². The summed E-state index contributed by atoms with van der Waals surface area (Å²) >= 11 is 0. The molecular formula is C15H19N7O. The van der Waals surface area contributed by atoms with Crippen molar-refractivity contribution < 1.29 is 4.74 Å². The standard InChI is InChI=1S/C15H19N7O/c1-8(2)22-7-11(15(21-22)23-3)18-14-12-10(6-16-20-12)17-13(19-14)9-4-5-9/h6-9H,4-5H2,1-3H3,(H,16,20)(H,17,18,19). The molecule has 0 aromatic carbocycles. The molecule has 0 unspecified atom stereocenters. The number of ether oxygens (including phenoxy) is 1. The molecule has 0 spiro atoms. The monoisotopic (exact) mass is 313 g/mol. The Hall–Kier alpha value is -2.64. The van der Waals surface area contributed by atoms with Crippen LogP contribution >= 0.6 is 0 Å². The van der Waals surface area contributed by atoms with Crippen LogP contribution in [0.5, 0.6) is 5.88 Å². The van der Waals surface area contributed by atoms with Crippen LogP contribution in [0.15, 0.2) is 12.4 Å². The molecule has 4 rings (SSSR count). The van der Waals surface area contributed by atoms with Crippen molar-refractivity contribution in [3.8, 4) is 5.88 Å². The molecule has 8 nitrogen and oxygen atoms in total. The number of anilines is 2. The lowest BCUT2D eigenvalue weighted by Crippen LogP contribution is -2.01. The van der Waals surface area contributed by atoms with Gasteiger partial charge in [-0.15, -0.1) is 5.10 Å². The van der Waals surface area contributed by atoms with Gasteiger partial charge in [0.05, 0.1) is 19.5 Å². The molecule has 3 aromatic heterocycles. The van der Waals surface area contributed by atoms with Crippen molar-refractivity contribution in [1.29, 1.82) is 0 Å². The molecule has 23 heavy (non-hydrogen) atoms. The maximum atomic E-state index is 5.37. The van der Waals surface area contributed by atoms with Gasteiger partial charge in [0.1, 0.15) is 22.5 Å². The summed E-state index contributed by atoms with van der Waals surface area (Å²) in [6.07, 6.45) is 5.95. The Bertz CT molecular complexity index is 847. The molecule has 0 bridgehead atoms. The molecule has 0 atom stereocenters. The third-order valence-corrected chi connectivity index (χ3v) is 3.93. The van der Waals surface area contributed by atoms with Gasteiger partial charge in [-0.3, -0.25) is 9.78 Å². The van der Waals surface area contributed by atoms with E-state index >= 15 is 0 Å². The normalized spacial score (nSPS) is 14.6. The smallest absolute Gasteiger partial charge is 0.256 e. The molecule has 0 radical (unpaired) electrons. The molecule has 3 aromatic rings. The van der Waals surface area contributed by atoms with Crippen molar-refractivity contribution >= 4 is 22.5 Å². The average molecular weight is 313 g/mol.